The topological polar surface area (TPSA) is 83.6 Å². The third-order valence-electron chi connectivity index (χ3n) is 3.58. The molecule has 25 heavy (non-hydrogen) atoms. The van der Waals surface area contributed by atoms with Crippen LogP contribution in [-0.2, 0) is 14.8 Å². The zero-order chi connectivity index (χ0) is 18.2. The third kappa shape index (κ3) is 3.29. The van der Waals surface area contributed by atoms with Gasteiger partial charge in [0.1, 0.15) is 5.70 Å². The van der Waals surface area contributed by atoms with Gasteiger partial charge in [-0.15, -0.1) is 4.31 Å². The number of benzene rings is 2. The molecule has 0 unspecified atom stereocenters. The second-order valence-corrected chi connectivity index (χ2v) is 7.65. The Balaban J connectivity index is 1.96. The van der Waals surface area contributed by atoms with Crippen molar-refractivity contribution in [3.63, 3.8) is 0 Å². The molecular formula is C17H13ClN2O4S. The van der Waals surface area contributed by atoms with E-state index in [-0.39, 0.29) is 14.9 Å². The van der Waals surface area contributed by atoms with E-state index in [1.165, 1.54) is 18.2 Å². The van der Waals surface area contributed by atoms with Crippen molar-refractivity contribution < 1.29 is 18.0 Å². The Hall–Kier alpha value is -2.64. The highest BCUT2D eigenvalue weighted by Crippen LogP contribution is 2.23. The summed E-state index contributed by atoms with van der Waals surface area (Å²) in [5.74, 6) is -0.930. The summed E-state index contributed by atoms with van der Waals surface area (Å²) in [7, 11) is -4.28. The summed E-state index contributed by atoms with van der Waals surface area (Å²) in [6, 6.07) is 11.4. The van der Waals surface area contributed by atoms with Gasteiger partial charge in [0.2, 0.25) is 0 Å². The average Bonchev–Trinajstić information content (AvgIpc) is 2.84. The Bertz CT molecular complexity index is 980. The van der Waals surface area contributed by atoms with Gasteiger partial charge in [-0.25, -0.2) is 13.2 Å². The molecule has 0 bridgehead atoms. The highest BCUT2D eigenvalue weighted by atomic mass is 35.5. The lowest BCUT2D eigenvalue weighted by atomic mass is 10.2. The monoisotopic (exact) mass is 376 g/mol. The van der Waals surface area contributed by atoms with E-state index in [1.54, 1.807) is 43.3 Å². The number of aryl methyl sites for hydroxylation is 1. The van der Waals surface area contributed by atoms with E-state index in [4.69, 9.17) is 11.6 Å². The first-order valence-electron chi connectivity index (χ1n) is 7.23. The van der Waals surface area contributed by atoms with E-state index in [1.807, 2.05) is 0 Å². The van der Waals surface area contributed by atoms with Gasteiger partial charge in [0.25, 0.3) is 15.9 Å². The van der Waals surface area contributed by atoms with Crippen LogP contribution in [0.5, 0.6) is 0 Å². The van der Waals surface area contributed by atoms with Crippen molar-refractivity contribution in [3.05, 3.63) is 70.4 Å². The number of carbonyl (C=O) groups excluding carboxylic acids is 2. The molecule has 0 atom stereocenters. The molecule has 128 valence electrons. The first-order valence-corrected chi connectivity index (χ1v) is 9.05. The number of nitrogens with one attached hydrogen (secondary N) is 1. The van der Waals surface area contributed by atoms with Crippen molar-refractivity contribution in [2.45, 2.75) is 11.8 Å². The van der Waals surface area contributed by atoms with Gasteiger partial charge >= 0.3 is 6.03 Å². The lowest BCUT2D eigenvalue weighted by molar-refractivity contribution is -0.119. The largest absolute Gasteiger partial charge is 0.343 e. The molecule has 2 aromatic carbocycles. The third-order valence-corrected chi connectivity index (χ3v) is 5.51. The second-order valence-electron chi connectivity index (χ2n) is 5.43. The number of carbonyl (C=O) groups is 2. The van der Waals surface area contributed by atoms with E-state index in [0.29, 0.717) is 10.6 Å². The molecule has 6 nitrogen and oxygen atoms in total. The minimum absolute atomic E-state index is 0.122. The van der Waals surface area contributed by atoms with E-state index in [0.717, 1.165) is 5.56 Å². The minimum Gasteiger partial charge on any atom is -0.302 e. The van der Waals surface area contributed by atoms with Crippen molar-refractivity contribution in [2.75, 3.05) is 0 Å². The molecule has 8 heteroatoms. The molecule has 1 heterocycles. The average molecular weight is 377 g/mol. The van der Waals surface area contributed by atoms with Crippen molar-refractivity contribution in [3.8, 4) is 0 Å². The van der Waals surface area contributed by atoms with Crippen LogP contribution in [0.15, 0.2) is 59.1 Å². The Labute approximate surface area is 149 Å². The van der Waals surface area contributed by atoms with Gasteiger partial charge in [-0.2, -0.15) is 0 Å². The van der Waals surface area contributed by atoms with Crippen LogP contribution < -0.4 is 5.32 Å². The molecule has 1 saturated heterocycles. The fourth-order valence-electron chi connectivity index (χ4n) is 2.28. The van der Waals surface area contributed by atoms with Crippen molar-refractivity contribution >= 4 is 39.6 Å². The molecule has 2 aromatic rings. The summed E-state index contributed by atoms with van der Waals surface area (Å²) in [5.41, 5.74) is 1.34. The van der Waals surface area contributed by atoms with Gasteiger partial charge < -0.3 is 5.32 Å². The normalized spacial score (nSPS) is 16.4. The number of amides is 3. The SMILES string of the molecule is Cc1ccc(S(=O)(=O)N2C(=O)N/C(=C\c3ccc(Cl)cc3)C2=O)cc1. The van der Waals surface area contributed by atoms with Crippen molar-refractivity contribution in [2.24, 2.45) is 0 Å². The highest BCUT2D eigenvalue weighted by molar-refractivity contribution is 7.90. The highest BCUT2D eigenvalue weighted by Gasteiger charge is 2.43. The van der Waals surface area contributed by atoms with E-state index >= 15 is 0 Å². The first-order chi connectivity index (χ1) is 11.8. The quantitative estimate of drug-likeness (QED) is 0.659. The number of sulfonamides is 1. The molecule has 1 fully saturated rings. The minimum atomic E-state index is -4.28. The van der Waals surface area contributed by atoms with Crippen molar-refractivity contribution in [1.29, 1.82) is 0 Å². The van der Waals surface area contributed by atoms with E-state index in [9.17, 15) is 18.0 Å². The molecular weight excluding hydrogens is 364 g/mol. The summed E-state index contributed by atoms with van der Waals surface area (Å²) in [6.07, 6.45) is 1.39. The molecule has 3 amide bonds. The molecule has 1 N–H and O–H groups in total. The summed E-state index contributed by atoms with van der Waals surface area (Å²) in [5, 5.41) is 2.81. The predicted molar refractivity (Wildman–Crippen MR) is 93.2 cm³/mol. The molecule has 0 aromatic heterocycles. The summed E-state index contributed by atoms with van der Waals surface area (Å²) in [4.78, 5) is 24.4. The van der Waals surface area contributed by atoms with Gasteiger partial charge in [0.15, 0.2) is 0 Å². The molecule has 0 radical (unpaired) electrons. The lowest BCUT2D eigenvalue weighted by Gasteiger charge is -2.12. The number of hydrogen-bond donors (Lipinski definition) is 1. The summed E-state index contributed by atoms with van der Waals surface area (Å²) in [6.45, 7) is 1.80. The Morgan fingerprint density at radius 2 is 1.60 bits per heavy atom. The van der Waals surface area contributed by atoms with Gasteiger partial charge in [0.05, 0.1) is 4.90 Å². The van der Waals surface area contributed by atoms with Gasteiger partial charge in [0, 0.05) is 5.02 Å². The smallest absolute Gasteiger partial charge is 0.302 e. The maximum Gasteiger partial charge on any atom is 0.343 e. The lowest BCUT2D eigenvalue weighted by Crippen LogP contribution is -2.36. The van der Waals surface area contributed by atoms with Crippen LogP contribution in [0.1, 0.15) is 11.1 Å². The maximum atomic E-state index is 12.6. The number of nitrogens with zero attached hydrogens (tertiary/aromatic N) is 1. The molecule has 0 saturated carbocycles. The molecule has 1 aliphatic rings. The zero-order valence-electron chi connectivity index (χ0n) is 13.1. The second kappa shape index (κ2) is 6.34. The Morgan fingerprint density at radius 1 is 1.00 bits per heavy atom. The van der Waals surface area contributed by atoms with Crippen LogP contribution in [0.3, 0.4) is 0 Å². The number of halogens is 1. The fraction of sp³-hybridized carbons (Fsp3) is 0.0588. The van der Waals surface area contributed by atoms with Gasteiger partial charge in [-0.3, -0.25) is 4.79 Å². The first kappa shape index (κ1) is 17.2. The number of urea groups is 1. The molecule has 3 rings (SSSR count). The Kier molecular flexibility index (Phi) is 4.36. The van der Waals surface area contributed by atoms with Gasteiger partial charge in [-0.1, -0.05) is 41.4 Å². The van der Waals surface area contributed by atoms with Crippen LogP contribution in [0.25, 0.3) is 6.08 Å². The van der Waals surface area contributed by atoms with E-state index < -0.39 is 22.0 Å². The number of rotatable bonds is 3. The standard InChI is InChI=1S/C17H13ClN2O4S/c1-11-2-8-14(9-3-11)25(23,24)20-16(21)15(19-17(20)22)10-12-4-6-13(18)7-5-12/h2-10H,1H3,(H,19,22)/b15-10-. The van der Waals surface area contributed by atoms with E-state index in [2.05, 4.69) is 5.32 Å². The molecule has 0 spiro atoms. The fourth-order valence-corrected chi connectivity index (χ4v) is 3.68. The Morgan fingerprint density at radius 3 is 2.20 bits per heavy atom. The number of hydrogen-bond acceptors (Lipinski definition) is 4. The predicted octanol–water partition coefficient (Wildman–Crippen LogP) is 2.93. The summed E-state index contributed by atoms with van der Waals surface area (Å²) >= 11 is 5.80. The van der Waals surface area contributed by atoms with Crippen LogP contribution >= 0.6 is 11.6 Å². The molecule has 0 aliphatic carbocycles. The van der Waals surface area contributed by atoms with Crippen LogP contribution in [0, 0.1) is 6.92 Å². The zero-order valence-corrected chi connectivity index (χ0v) is 14.6. The van der Waals surface area contributed by atoms with Crippen molar-refractivity contribution in [1.82, 2.24) is 9.62 Å². The van der Waals surface area contributed by atoms with Crippen LogP contribution in [0.2, 0.25) is 5.02 Å². The maximum absolute atomic E-state index is 12.6. The van der Waals surface area contributed by atoms with Crippen LogP contribution in [0.4, 0.5) is 4.79 Å². The van der Waals surface area contributed by atoms with Crippen LogP contribution in [-0.4, -0.2) is 24.7 Å². The number of imide groups is 1. The summed E-state index contributed by atoms with van der Waals surface area (Å²) < 4.78 is 25.5. The van der Waals surface area contributed by atoms with Gasteiger partial charge in [-0.05, 0) is 42.8 Å². The molecule has 1 aliphatic heterocycles.